The van der Waals surface area contributed by atoms with Gasteiger partial charge in [-0.1, -0.05) is 0 Å². The van der Waals surface area contributed by atoms with Gasteiger partial charge >= 0.3 is 0 Å². The van der Waals surface area contributed by atoms with Gasteiger partial charge in [-0.05, 0) is 46.4 Å². The Labute approximate surface area is 116 Å². The third-order valence-corrected chi connectivity index (χ3v) is 2.29. The predicted molar refractivity (Wildman–Crippen MR) is 73.8 cm³/mol. The quantitative estimate of drug-likeness (QED) is 0.812. The van der Waals surface area contributed by atoms with Crippen molar-refractivity contribution in [2.75, 3.05) is 10.6 Å². The molecule has 5 nitrogen and oxygen atoms in total. The van der Waals surface area contributed by atoms with Crippen LogP contribution in [0.25, 0.3) is 0 Å². The summed E-state index contributed by atoms with van der Waals surface area (Å²) in [6.07, 6.45) is 0. The Morgan fingerprint density at radius 2 is 1.63 bits per heavy atom. The van der Waals surface area contributed by atoms with Gasteiger partial charge in [0.2, 0.25) is 11.9 Å². The summed E-state index contributed by atoms with van der Waals surface area (Å²) in [6, 6.07) is 0.106. The Hall–Kier alpha value is -1.18. The largest absolute Gasteiger partial charge is 0.352 e. The summed E-state index contributed by atoms with van der Waals surface area (Å²) in [7, 11) is 0. The van der Waals surface area contributed by atoms with Crippen molar-refractivity contribution in [3.63, 3.8) is 0 Å². The Balaban J connectivity index is 3.01. The molecular weight excluding hydrogens is 272 g/mol. The SMILES string of the molecule is CC(C)Nc1nc(NC(C)(C)C)nc(SC(F)F)n1. The molecule has 19 heavy (non-hydrogen) atoms. The molecule has 0 aliphatic carbocycles. The van der Waals surface area contributed by atoms with E-state index in [-0.39, 0.29) is 22.7 Å². The number of nitrogens with one attached hydrogen (secondary N) is 2. The number of thioether (sulfide) groups is 1. The molecule has 0 aliphatic rings. The highest BCUT2D eigenvalue weighted by molar-refractivity contribution is 7.99. The maximum atomic E-state index is 12.4. The average Bonchev–Trinajstić information content (AvgIpc) is 2.10. The Kier molecular flexibility index (Phi) is 5.28. The molecule has 0 radical (unpaired) electrons. The normalized spacial score (nSPS) is 12.1. The van der Waals surface area contributed by atoms with Crippen molar-refractivity contribution >= 4 is 23.7 Å². The first-order valence-corrected chi connectivity index (χ1v) is 6.79. The molecule has 8 heteroatoms. The van der Waals surface area contributed by atoms with E-state index in [0.717, 1.165) is 0 Å². The maximum Gasteiger partial charge on any atom is 0.291 e. The highest BCUT2D eigenvalue weighted by Gasteiger charge is 2.16. The van der Waals surface area contributed by atoms with Crippen molar-refractivity contribution < 1.29 is 8.78 Å². The van der Waals surface area contributed by atoms with Crippen molar-refractivity contribution in [2.45, 2.75) is 57.1 Å². The van der Waals surface area contributed by atoms with Crippen LogP contribution in [0.3, 0.4) is 0 Å². The third kappa shape index (κ3) is 6.51. The first-order chi connectivity index (χ1) is 8.65. The molecule has 0 fully saturated rings. The molecule has 0 aromatic carbocycles. The molecule has 108 valence electrons. The summed E-state index contributed by atoms with van der Waals surface area (Å²) < 4.78 is 24.8. The van der Waals surface area contributed by atoms with E-state index in [2.05, 4.69) is 25.6 Å². The van der Waals surface area contributed by atoms with E-state index in [1.54, 1.807) is 0 Å². The van der Waals surface area contributed by atoms with Crippen molar-refractivity contribution in [1.82, 2.24) is 15.0 Å². The number of anilines is 2. The van der Waals surface area contributed by atoms with Crippen LogP contribution in [0.15, 0.2) is 5.16 Å². The number of hydrogen-bond donors (Lipinski definition) is 2. The molecule has 0 saturated carbocycles. The van der Waals surface area contributed by atoms with Gasteiger partial charge < -0.3 is 10.6 Å². The van der Waals surface area contributed by atoms with E-state index in [1.807, 2.05) is 34.6 Å². The summed E-state index contributed by atoms with van der Waals surface area (Å²) in [5, 5.41) is 6.03. The number of nitrogens with zero attached hydrogens (tertiary/aromatic N) is 3. The summed E-state index contributed by atoms with van der Waals surface area (Å²) >= 11 is 0.304. The van der Waals surface area contributed by atoms with E-state index in [9.17, 15) is 8.78 Å². The fraction of sp³-hybridized carbons (Fsp3) is 0.727. The third-order valence-electron chi connectivity index (χ3n) is 1.71. The number of halogens is 2. The first kappa shape index (κ1) is 15.9. The molecule has 0 saturated heterocycles. The van der Waals surface area contributed by atoms with Gasteiger partial charge in [-0.25, -0.2) is 0 Å². The van der Waals surface area contributed by atoms with Crippen molar-refractivity contribution in [3.05, 3.63) is 0 Å². The van der Waals surface area contributed by atoms with Gasteiger partial charge in [0.25, 0.3) is 5.76 Å². The second kappa shape index (κ2) is 6.31. The lowest BCUT2D eigenvalue weighted by molar-refractivity contribution is 0.251. The van der Waals surface area contributed by atoms with Crippen molar-refractivity contribution in [3.8, 4) is 0 Å². The number of aromatic nitrogens is 3. The number of hydrogen-bond acceptors (Lipinski definition) is 6. The lowest BCUT2D eigenvalue weighted by Gasteiger charge is -2.21. The molecular formula is C11H19F2N5S. The van der Waals surface area contributed by atoms with Gasteiger partial charge in [-0.2, -0.15) is 23.7 Å². The van der Waals surface area contributed by atoms with Crippen LogP contribution in [0.4, 0.5) is 20.7 Å². The van der Waals surface area contributed by atoms with Gasteiger partial charge in [0.05, 0.1) is 0 Å². The molecule has 2 N–H and O–H groups in total. The van der Waals surface area contributed by atoms with Crippen LogP contribution < -0.4 is 10.6 Å². The molecule has 0 amide bonds. The fourth-order valence-electron chi connectivity index (χ4n) is 1.20. The Morgan fingerprint density at radius 1 is 1.05 bits per heavy atom. The number of alkyl halides is 2. The Morgan fingerprint density at radius 3 is 2.11 bits per heavy atom. The summed E-state index contributed by atoms with van der Waals surface area (Å²) in [5.41, 5.74) is -0.261. The topological polar surface area (TPSA) is 62.7 Å². The van der Waals surface area contributed by atoms with Crippen LogP contribution in [0.1, 0.15) is 34.6 Å². The summed E-state index contributed by atoms with van der Waals surface area (Å²) in [4.78, 5) is 12.1. The van der Waals surface area contributed by atoms with Crippen LogP contribution in [0, 0.1) is 0 Å². The summed E-state index contributed by atoms with van der Waals surface area (Å²) in [5.74, 6) is -1.98. The second-order valence-electron chi connectivity index (χ2n) is 5.32. The average molecular weight is 291 g/mol. The molecule has 1 aromatic heterocycles. The highest BCUT2D eigenvalue weighted by atomic mass is 32.2. The smallest absolute Gasteiger partial charge is 0.291 e. The van der Waals surface area contributed by atoms with E-state index >= 15 is 0 Å². The Bertz CT molecular complexity index is 392. The minimum Gasteiger partial charge on any atom is -0.352 e. The van der Waals surface area contributed by atoms with Gasteiger partial charge in [0.15, 0.2) is 5.16 Å². The zero-order valence-electron chi connectivity index (χ0n) is 11.7. The van der Waals surface area contributed by atoms with Crippen LogP contribution in [0.5, 0.6) is 0 Å². The van der Waals surface area contributed by atoms with E-state index < -0.39 is 5.76 Å². The maximum absolute atomic E-state index is 12.4. The minimum atomic E-state index is -2.56. The van der Waals surface area contributed by atoms with Crippen molar-refractivity contribution in [2.24, 2.45) is 0 Å². The van der Waals surface area contributed by atoms with E-state index in [0.29, 0.717) is 17.7 Å². The first-order valence-electron chi connectivity index (χ1n) is 5.91. The zero-order chi connectivity index (χ0) is 14.6. The minimum absolute atomic E-state index is 0.0000926. The van der Waals surface area contributed by atoms with Crippen LogP contribution in [-0.2, 0) is 0 Å². The second-order valence-corrected chi connectivity index (χ2v) is 6.27. The fourth-order valence-corrected chi connectivity index (χ4v) is 1.64. The molecule has 0 spiro atoms. The lowest BCUT2D eigenvalue weighted by atomic mass is 10.1. The molecule has 1 aromatic rings. The zero-order valence-corrected chi connectivity index (χ0v) is 12.5. The lowest BCUT2D eigenvalue weighted by Crippen LogP contribution is -2.28. The van der Waals surface area contributed by atoms with E-state index in [4.69, 9.17) is 0 Å². The van der Waals surface area contributed by atoms with Crippen LogP contribution >= 0.6 is 11.8 Å². The standard InChI is InChI=1S/C11H19F2N5S/c1-6(2)14-8-15-9(18-11(3,4)5)17-10(16-8)19-7(12)13/h6-7H,1-5H3,(H2,14,15,16,17,18). The molecule has 0 bridgehead atoms. The van der Waals surface area contributed by atoms with Gasteiger partial charge in [0, 0.05) is 11.6 Å². The van der Waals surface area contributed by atoms with Crippen LogP contribution in [0.2, 0.25) is 0 Å². The molecule has 1 rings (SSSR count). The van der Waals surface area contributed by atoms with Crippen LogP contribution in [-0.4, -0.2) is 32.3 Å². The van der Waals surface area contributed by atoms with E-state index in [1.165, 1.54) is 0 Å². The summed E-state index contributed by atoms with van der Waals surface area (Å²) in [6.45, 7) is 9.64. The molecule has 1 heterocycles. The molecule has 0 unspecified atom stereocenters. The monoisotopic (exact) mass is 291 g/mol. The predicted octanol–water partition coefficient (Wildman–Crippen LogP) is 3.22. The van der Waals surface area contributed by atoms with Gasteiger partial charge in [0.1, 0.15) is 0 Å². The van der Waals surface area contributed by atoms with Gasteiger partial charge in [-0.15, -0.1) is 0 Å². The van der Waals surface area contributed by atoms with Gasteiger partial charge in [-0.3, -0.25) is 0 Å². The molecule has 0 aliphatic heterocycles. The molecule has 0 atom stereocenters. The number of rotatable bonds is 5. The highest BCUT2D eigenvalue weighted by Crippen LogP contribution is 2.24. The van der Waals surface area contributed by atoms with Crippen molar-refractivity contribution in [1.29, 1.82) is 0 Å².